The van der Waals surface area contributed by atoms with Crippen LogP contribution in [0.5, 0.6) is 0 Å². The molecule has 0 saturated carbocycles. The fraction of sp³-hybridized carbons (Fsp3) is 0.143. The Balaban J connectivity index is 1.58. The van der Waals surface area contributed by atoms with E-state index in [4.69, 9.17) is 4.42 Å². The zero-order valence-electron chi connectivity index (χ0n) is 16.0. The van der Waals surface area contributed by atoms with E-state index in [0.29, 0.717) is 21.1 Å². The van der Waals surface area contributed by atoms with Crippen LogP contribution in [0.3, 0.4) is 0 Å². The maximum Gasteiger partial charge on any atom is 0.230 e. The first-order chi connectivity index (χ1) is 14.8. The molecule has 2 heterocycles. The lowest BCUT2D eigenvalue weighted by Crippen LogP contribution is -2.31. The van der Waals surface area contributed by atoms with Gasteiger partial charge in [-0.25, -0.2) is 22.2 Å². The van der Waals surface area contributed by atoms with Gasteiger partial charge < -0.3 is 4.42 Å². The number of hydrogen-bond donors (Lipinski definition) is 0. The van der Waals surface area contributed by atoms with Gasteiger partial charge in [0.1, 0.15) is 17.4 Å². The number of benzene rings is 2. The Morgan fingerprint density at radius 1 is 1.06 bits per heavy atom. The van der Waals surface area contributed by atoms with Gasteiger partial charge in [-0.1, -0.05) is 11.3 Å². The quantitative estimate of drug-likeness (QED) is 0.376. The molecular formula is C21H16F2N2O4S2. The number of carbonyl (C=O) groups is 1. The minimum absolute atomic E-state index is 0.0464. The van der Waals surface area contributed by atoms with Gasteiger partial charge in [-0.15, -0.1) is 0 Å². The third-order valence-electron chi connectivity index (χ3n) is 4.52. The predicted molar refractivity (Wildman–Crippen MR) is 113 cm³/mol. The van der Waals surface area contributed by atoms with Crippen LogP contribution in [-0.4, -0.2) is 25.1 Å². The van der Waals surface area contributed by atoms with Crippen LogP contribution in [-0.2, 0) is 21.2 Å². The molecule has 4 rings (SSSR count). The number of aromatic nitrogens is 1. The summed E-state index contributed by atoms with van der Waals surface area (Å²) in [6.07, 6.45) is 1.15. The molecule has 2 aromatic heterocycles. The van der Waals surface area contributed by atoms with Gasteiger partial charge in [0.25, 0.3) is 0 Å². The van der Waals surface area contributed by atoms with E-state index < -0.39 is 33.1 Å². The molecule has 2 aromatic carbocycles. The molecule has 160 valence electrons. The van der Waals surface area contributed by atoms with Crippen molar-refractivity contribution < 1.29 is 26.4 Å². The first-order valence-electron chi connectivity index (χ1n) is 9.19. The molecule has 0 N–H and O–H groups in total. The van der Waals surface area contributed by atoms with Crippen LogP contribution in [0.2, 0.25) is 0 Å². The summed E-state index contributed by atoms with van der Waals surface area (Å²) in [5.74, 6) is -1.42. The van der Waals surface area contributed by atoms with Crippen LogP contribution in [0.4, 0.5) is 13.9 Å². The Bertz CT molecular complexity index is 1320. The van der Waals surface area contributed by atoms with Crippen LogP contribution >= 0.6 is 11.3 Å². The number of hydrogen-bond acceptors (Lipinski definition) is 6. The number of halogens is 2. The van der Waals surface area contributed by atoms with E-state index >= 15 is 0 Å². The molecule has 0 radical (unpaired) electrons. The second-order valence-corrected chi connectivity index (χ2v) is 9.81. The average Bonchev–Trinajstić information content (AvgIpc) is 3.39. The maximum absolute atomic E-state index is 13.5. The highest BCUT2D eigenvalue weighted by atomic mass is 32.2. The number of nitrogens with zero attached hydrogens (tertiary/aromatic N) is 2. The standard InChI is InChI=1S/C21H16F2N2O4S2/c22-14-3-6-17(7-4-14)31(27,28)11-9-20(26)25(13-16-2-1-10-29-16)21-24-18-8-5-15(23)12-19(18)30-21/h1-8,10,12H,9,11,13H2. The topological polar surface area (TPSA) is 80.5 Å². The molecule has 31 heavy (non-hydrogen) atoms. The molecule has 0 aliphatic rings. The Labute approximate surface area is 180 Å². The van der Waals surface area contributed by atoms with E-state index in [1.807, 2.05) is 0 Å². The van der Waals surface area contributed by atoms with E-state index in [9.17, 15) is 22.0 Å². The number of thiazole rings is 1. The Kier molecular flexibility index (Phi) is 5.84. The van der Waals surface area contributed by atoms with E-state index in [1.165, 1.54) is 29.4 Å². The van der Waals surface area contributed by atoms with Gasteiger partial charge >= 0.3 is 0 Å². The summed E-state index contributed by atoms with van der Waals surface area (Å²) in [4.78, 5) is 18.7. The number of rotatable bonds is 7. The predicted octanol–water partition coefficient (Wildman–Crippen LogP) is 4.56. The molecular weight excluding hydrogens is 446 g/mol. The maximum atomic E-state index is 13.5. The monoisotopic (exact) mass is 462 g/mol. The molecule has 0 unspecified atom stereocenters. The highest BCUT2D eigenvalue weighted by Gasteiger charge is 2.24. The molecule has 6 nitrogen and oxygen atoms in total. The Hall–Kier alpha value is -3.11. The molecule has 10 heteroatoms. The molecule has 0 atom stereocenters. The molecule has 4 aromatic rings. The van der Waals surface area contributed by atoms with Crippen molar-refractivity contribution in [3.63, 3.8) is 0 Å². The fourth-order valence-electron chi connectivity index (χ4n) is 2.94. The smallest absolute Gasteiger partial charge is 0.230 e. The largest absolute Gasteiger partial charge is 0.467 e. The van der Waals surface area contributed by atoms with E-state index in [1.54, 1.807) is 12.1 Å². The van der Waals surface area contributed by atoms with E-state index in [2.05, 4.69) is 4.98 Å². The number of anilines is 1. The second kappa shape index (κ2) is 8.56. The number of furan rings is 1. The van der Waals surface area contributed by atoms with Crippen LogP contribution in [0.25, 0.3) is 10.2 Å². The van der Waals surface area contributed by atoms with Crippen molar-refractivity contribution in [2.75, 3.05) is 10.7 Å². The first kappa shape index (κ1) is 21.1. The highest BCUT2D eigenvalue weighted by Crippen LogP contribution is 2.31. The minimum atomic E-state index is -3.78. The van der Waals surface area contributed by atoms with Crippen molar-refractivity contribution in [1.29, 1.82) is 0 Å². The van der Waals surface area contributed by atoms with E-state index in [0.717, 1.165) is 35.6 Å². The number of fused-ring (bicyclic) bond motifs is 1. The summed E-state index contributed by atoms with van der Waals surface area (Å²) in [5, 5.41) is 0.307. The molecule has 0 bridgehead atoms. The summed E-state index contributed by atoms with van der Waals surface area (Å²) >= 11 is 1.12. The van der Waals surface area contributed by atoms with Crippen molar-refractivity contribution in [2.45, 2.75) is 17.9 Å². The third kappa shape index (κ3) is 4.80. The Morgan fingerprint density at radius 2 is 1.81 bits per heavy atom. The molecule has 0 spiro atoms. The van der Waals surface area contributed by atoms with E-state index in [-0.39, 0.29) is 17.9 Å². The molecule has 0 fully saturated rings. The third-order valence-corrected chi connectivity index (χ3v) is 7.30. The molecule has 1 amide bonds. The minimum Gasteiger partial charge on any atom is -0.467 e. The van der Waals surface area contributed by atoms with Gasteiger partial charge in [0.15, 0.2) is 15.0 Å². The number of sulfone groups is 1. The lowest BCUT2D eigenvalue weighted by Gasteiger charge is -2.18. The number of carbonyl (C=O) groups excluding carboxylic acids is 1. The fourth-order valence-corrected chi connectivity index (χ4v) is 5.18. The second-order valence-electron chi connectivity index (χ2n) is 6.69. The van der Waals surface area contributed by atoms with Crippen LogP contribution < -0.4 is 4.90 Å². The van der Waals surface area contributed by atoms with Gasteiger partial charge in [-0.05, 0) is 54.6 Å². The zero-order chi connectivity index (χ0) is 22.0. The van der Waals surface area contributed by atoms with Crippen molar-refractivity contribution in [1.82, 2.24) is 4.98 Å². The van der Waals surface area contributed by atoms with Gasteiger partial charge in [0.05, 0.1) is 33.7 Å². The molecule has 0 aliphatic carbocycles. The lowest BCUT2D eigenvalue weighted by molar-refractivity contribution is -0.118. The van der Waals surface area contributed by atoms with Crippen LogP contribution in [0.15, 0.2) is 70.2 Å². The van der Waals surface area contributed by atoms with Gasteiger partial charge in [-0.2, -0.15) is 0 Å². The molecule has 0 aliphatic heterocycles. The lowest BCUT2D eigenvalue weighted by atomic mass is 10.3. The number of amides is 1. The van der Waals surface area contributed by atoms with Crippen LogP contribution in [0, 0.1) is 11.6 Å². The van der Waals surface area contributed by atoms with Gasteiger partial charge in [0.2, 0.25) is 5.91 Å². The zero-order valence-corrected chi connectivity index (χ0v) is 17.6. The average molecular weight is 462 g/mol. The van der Waals surface area contributed by atoms with Gasteiger partial charge in [-0.3, -0.25) is 9.69 Å². The van der Waals surface area contributed by atoms with Crippen molar-refractivity contribution in [2.24, 2.45) is 0 Å². The van der Waals surface area contributed by atoms with Crippen molar-refractivity contribution in [3.05, 3.63) is 78.3 Å². The summed E-state index contributed by atoms with van der Waals surface area (Å²) < 4.78 is 57.6. The normalized spacial score (nSPS) is 11.7. The summed E-state index contributed by atoms with van der Waals surface area (Å²) in [7, 11) is -3.78. The van der Waals surface area contributed by atoms with Gasteiger partial charge in [0, 0.05) is 6.42 Å². The van der Waals surface area contributed by atoms with Crippen LogP contribution in [0.1, 0.15) is 12.2 Å². The summed E-state index contributed by atoms with van der Waals surface area (Å²) in [6, 6.07) is 11.9. The van der Waals surface area contributed by atoms with Crippen molar-refractivity contribution in [3.8, 4) is 0 Å². The summed E-state index contributed by atoms with van der Waals surface area (Å²) in [6.45, 7) is 0.0464. The summed E-state index contributed by atoms with van der Waals surface area (Å²) in [5.41, 5.74) is 0.526. The Morgan fingerprint density at radius 3 is 2.52 bits per heavy atom. The first-order valence-corrected chi connectivity index (χ1v) is 11.7. The van der Waals surface area contributed by atoms with Crippen molar-refractivity contribution >= 4 is 42.4 Å². The SMILES string of the molecule is O=C(CCS(=O)(=O)c1ccc(F)cc1)N(Cc1ccco1)c1nc2ccc(F)cc2s1. The highest BCUT2D eigenvalue weighted by molar-refractivity contribution is 7.91. The molecule has 0 saturated heterocycles.